The number of nitrogens with one attached hydrogen (secondary N) is 1. The Labute approximate surface area is 206 Å². The van der Waals surface area contributed by atoms with Gasteiger partial charge in [-0.25, -0.2) is 5.43 Å². The van der Waals surface area contributed by atoms with Gasteiger partial charge in [0.25, 0.3) is 5.91 Å². The van der Waals surface area contributed by atoms with E-state index in [2.05, 4.69) is 20.7 Å². The number of para-hydroxylation sites is 1. The van der Waals surface area contributed by atoms with Crippen LogP contribution in [-0.2, 0) is 4.79 Å². The van der Waals surface area contributed by atoms with E-state index in [4.69, 9.17) is 9.47 Å². The van der Waals surface area contributed by atoms with Crippen molar-refractivity contribution in [3.8, 4) is 34.3 Å². The number of carbonyl (C=O) groups is 1. The molecule has 4 aromatic rings. The molecule has 1 amide bonds. The van der Waals surface area contributed by atoms with E-state index in [9.17, 15) is 9.90 Å². The number of nitrogens with zero attached hydrogens (tertiary/aromatic N) is 4. The van der Waals surface area contributed by atoms with Crippen molar-refractivity contribution in [2.75, 3.05) is 20.0 Å². The van der Waals surface area contributed by atoms with Crippen LogP contribution >= 0.6 is 11.8 Å². The van der Waals surface area contributed by atoms with Gasteiger partial charge in [0.1, 0.15) is 5.75 Å². The fourth-order valence-electron chi connectivity index (χ4n) is 3.24. The quantitative estimate of drug-likeness (QED) is 0.208. The maximum Gasteiger partial charge on any atom is 0.250 e. The smallest absolute Gasteiger partial charge is 0.250 e. The number of carbonyl (C=O) groups excluding carboxylic acids is 1. The Morgan fingerprint density at radius 3 is 2.49 bits per heavy atom. The van der Waals surface area contributed by atoms with Gasteiger partial charge in [0, 0.05) is 11.3 Å². The molecular formula is C25H23N5O4S. The average Bonchev–Trinajstić information content (AvgIpc) is 3.32. The molecule has 0 saturated carbocycles. The zero-order valence-electron chi connectivity index (χ0n) is 19.1. The number of methoxy groups -OCH3 is 2. The predicted molar refractivity (Wildman–Crippen MR) is 134 cm³/mol. The molecule has 0 aliphatic rings. The van der Waals surface area contributed by atoms with E-state index in [1.54, 1.807) is 38.5 Å². The number of hydrogen-bond acceptors (Lipinski definition) is 8. The summed E-state index contributed by atoms with van der Waals surface area (Å²) in [5.74, 6) is 1.75. The van der Waals surface area contributed by atoms with Crippen molar-refractivity contribution in [2.24, 2.45) is 5.10 Å². The van der Waals surface area contributed by atoms with Gasteiger partial charge in [-0.2, -0.15) is 5.10 Å². The van der Waals surface area contributed by atoms with Crippen molar-refractivity contribution in [1.82, 2.24) is 20.2 Å². The molecule has 1 aromatic heterocycles. The van der Waals surface area contributed by atoms with E-state index in [0.717, 1.165) is 16.8 Å². The molecule has 2 N–H and O–H groups in total. The minimum Gasteiger partial charge on any atom is -0.508 e. The Hall–Kier alpha value is -4.31. The Bertz CT molecular complexity index is 1320. The SMILES string of the molecule is COc1ccc(-c2nnc(SCC(=O)N/N=C\c3ccc(O)cc3)n2-c2ccccc2)cc1OC. The van der Waals surface area contributed by atoms with Gasteiger partial charge in [-0.15, -0.1) is 10.2 Å². The second-order valence-corrected chi connectivity index (χ2v) is 8.16. The van der Waals surface area contributed by atoms with Gasteiger partial charge in [0.15, 0.2) is 22.5 Å². The van der Waals surface area contributed by atoms with Crippen LogP contribution in [0.15, 0.2) is 83.1 Å². The lowest BCUT2D eigenvalue weighted by Crippen LogP contribution is -2.20. The van der Waals surface area contributed by atoms with Crippen LogP contribution in [0.5, 0.6) is 17.2 Å². The third-order valence-electron chi connectivity index (χ3n) is 4.92. The Balaban J connectivity index is 1.54. The molecule has 0 aliphatic heterocycles. The predicted octanol–water partition coefficient (Wildman–Crippen LogP) is 3.90. The van der Waals surface area contributed by atoms with Gasteiger partial charge >= 0.3 is 0 Å². The van der Waals surface area contributed by atoms with Crippen LogP contribution in [0.4, 0.5) is 0 Å². The minimum absolute atomic E-state index is 0.0871. The molecule has 0 bridgehead atoms. The molecule has 10 heteroatoms. The summed E-state index contributed by atoms with van der Waals surface area (Å²) in [7, 11) is 3.16. The summed E-state index contributed by atoms with van der Waals surface area (Å²) in [5.41, 5.74) is 4.89. The number of phenolic OH excluding ortho intramolecular Hbond substituents is 1. The molecule has 1 heterocycles. The van der Waals surface area contributed by atoms with Crippen molar-refractivity contribution in [3.05, 3.63) is 78.4 Å². The molecule has 178 valence electrons. The molecule has 0 spiro atoms. The molecule has 35 heavy (non-hydrogen) atoms. The number of aromatic nitrogens is 3. The first-order valence-electron chi connectivity index (χ1n) is 10.6. The number of hydrogen-bond donors (Lipinski definition) is 2. The number of thioether (sulfide) groups is 1. The number of ether oxygens (including phenoxy) is 2. The highest BCUT2D eigenvalue weighted by Gasteiger charge is 2.18. The second kappa shape index (κ2) is 11.2. The number of phenols is 1. The summed E-state index contributed by atoms with van der Waals surface area (Å²) in [4.78, 5) is 12.4. The second-order valence-electron chi connectivity index (χ2n) is 7.22. The molecule has 0 unspecified atom stereocenters. The molecule has 0 radical (unpaired) electrons. The summed E-state index contributed by atoms with van der Waals surface area (Å²) in [6, 6.07) is 21.7. The standard InChI is InChI=1S/C25H23N5O4S/c1-33-21-13-10-18(14-22(21)34-2)24-28-29-25(30(24)19-6-4-3-5-7-19)35-16-23(32)27-26-15-17-8-11-20(31)12-9-17/h3-15,31H,16H2,1-2H3,(H,27,32)/b26-15-. The fraction of sp³-hybridized carbons (Fsp3) is 0.120. The van der Waals surface area contributed by atoms with E-state index < -0.39 is 0 Å². The van der Waals surface area contributed by atoms with Gasteiger partial charge in [-0.05, 0) is 60.2 Å². The van der Waals surface area contributed by atoms with Crippen LogP contribution < -0.4 is 14.9 Å². The van der Waals surface area contributed by atoms with E-state index >= 15 is 0 Å². The van der Waals surface area contributed by atoms with Crippen molar-refractivity contribution >= 4 is 23.9 Å². The number of rotatable bonds is 9. The van der Waals surface area contributed by atoms with Gasteiger partial charge in [-0.1, -0.05) is 30.0 Å². The van der Waals surface area contributed by atoms with Crippen LogP contribution in [0, 0.1) is 0 Å². The molecule has 0 atom stereocenters. The van der Waals surface area contributed by atoms with Crippen molar-refractivity contribution in [1.29, 1.82) is 0 Å². The number of amides is 1. The molecule has 4 rings (SSSR count). The number of benzene rings is 3. The summed E-state index contributed by atoms with van der Waals surface area (Å²) >= 11 is 1.25. The summed E-state index contributed by atoms with van der Waals surface area (Å²) in [6.07, 6.45) is 1.50. The van der Waals surface area contributed by atoms with Crippen molar-refractivity contribution < 1.29 is 19.4 Å². The highest BCUT2D eigenvalue weighted by atomic mass is 32.2. The van der Waals surface area contributed by atoms with Gasteiger partial charge in [0.2, 0.25) is 0 Å². The van der Waals surface area contributed by atoms with Gasteiger partial charge in [-0.3, -0.25) is 9.36 Å². The normalized spacial score (nSPS) is 10.9. The topological polar surface area (TPSA) is 111 Å². The maximum atomic E-state index is 12.4. The first-order chi connectivity index (χ1) is 17.1. The lowest BCUT2D eigenvalue weighted by Gasteiger charge is -2.12. The molecule has 0 fully saturated rings. The largest absolute Gasteiger partial charge is 0.508 e. The third kappa shape index (κ3) is 5.79. The highest BCUT2D eigenvalue weighted by Crippen LogP contribution is 2.34. The van der Waals surface area contributed by atoms with Gasteiger partial charge < -0.3 is 14.6 Å². The van der Waals surface area contributed by atoms with Crippen molar-refractivity contribution in [2.45, 2.75) is 5.16 Å². The zero-order chi connectivity index (χ0) is 24.6. The lowest BCUT2D eigenvalue weighted by atomic mass is 10.2. The van der Waals surface area contributed by atoms with Gasteiger partial charge in [0.05, 0.1) is 26.2 Å². The molecule has 9 nitrogen and oxygen atoms in total. The van der Waals surface area contributed by atoms with Crippen molar-refractivity contribution in [3.63, 3.8) is 0 Å². The Morgan fingerprint density at radius 2 is 1.77 bits per heavy atom. The first kappa shape index (κ1) is 23.8. The summed E-state index contributed by atoms with van der Waals surface area (Å²) in [5, 5.41) is 22.6. The maximum absolute atomic E-state index is 12.4. The zero-order valence-corrected chi connectivity index (χ0v) is 19.9. The summed E-state index contributed by atoms with van der Waals surface area (Å²) < 4.78 is 12.7. The van der Waals surface area contributed by atoms with Crippen LogP contribution in [0.3, 0.4) is 0 Å². The molecular weight excluding hydrogens is 466 g/mol. The Morgan fingerprint density at radius 1 is 1.03 bits per heavy atom. The van der Waals surface area contributed by atoms with E-state index in [-0.39, 0.29) is 17.4 Å². The minimum atomic E-state index is -0.291. The van der Waals surface area contributed by atoms with E-state index in [1.165, 1.54) is 18.0 Å². The lowest BCUT2D eigenvalue weighted by molar-refractivity contribution is -0.118. The molecule has 0 saturated heterocycles. The Kier molecular flexibility index (Phi) is 7.63. The fourth-order valence-corrected chi connectivity index (χ4v) is 3.98. The third-order valence-corrected chi connectivity index (χ3v) is 5.85. The number of aromatic hydroxyl groups is 1. The molecule has 3 aromatic carbocycles. The van der Waals surface area contributed by atoms with Crippen LogP contribution in [0.2, 0.25) is 0 Å². The summed E-state index contributed by atoms with van der Waals surface area (Å²) in [6.45, 7) is 0. The average molecular weight is 490 g/mol. The van der Waals surface area contributed by atoms with E-state index in [0.29, 0.717) is 22.5 Å². The first-order valence-corrected chi connectivity index (χ1v) is 11.5. The van der Waals surface area contributed by atoms with Crippen LogP contribution in [0.25, 0.3) is 17.1 Å². The van der Waals surface area contributed by atoms with Crippen LogP contribution in [-0.4, -0.2) is 52.0 Å². The molecule has 0 aliphatic carbocycles. The number of hydrazone groups is 1. The van der Waals surface area contributed by atoms with Crippen LogP contribution in [0.1, 0.15) is 5.56 Å². The monoisotopic (exact) mass is 489 g/mol. The highest BCUT2D eigenvalue weighted by molar-refractivity contribution is 7.99. The van der Waals surface area contributed by atoms with E-state index in [1.807, 2.05) is 53.1 Å².